The van der Waals surface area contributed by atoms with Gasteiger partial charge in [-0.25, -0.2) is 0 Å². The normalized spacial score (nSPS) is 35.6. The van der Waals surface area contributed by atoms with Gasteiger partial charge < -0.3 is 5.32 Å². The molecule has 3 atom stereocenters. The molecule has 0 heterocycles. The molecule has 0 saturated heterocycles. The van der Waals surface area contributed by atoms with Gasteiger partial charge >= 0.3 is 0 Å². The Morgan fingerprint density at radius 2 is 1.79 bits per heavy atom. The highest BCUT2D eigenvalue weighted by Gasteiger charge is 2.28. The lowest BCUT2D eigenvalue weighted by molar-refractivity contribution is 0.188. The lowest BCUT2D eigenvalue weighted by atomic mass is 9.74. The Kier molecular flexibility index (Phi) is 5.32. The van der Waals surface area contributed by atoms with Crippen molar-refractivity contribution in [2.75, 3.05) is 19.1 Å². The second kappa shape index (κ2) is 6.02. The first kappa shape index (κ1) is 12.4. The van der Waals surface area contributed by atoms with Gasteiger partial charge in [-0.2, -0.15) is 11.8 Å². The molecule has 0 radical (unpaired) electrons. The first-order chi connectivity index (χ1) is 6.67. The van der Waals surface area contributed by atoms with Crippen molar-refractivity contribution < 1.29 is 0 Å². The topological polar surface area (TPSA) is 12.0 Å². The zero-order valence-corrected chi connectivity index (χ0v) is 10.9. The van der Waals surface area contributed by atoms with Crippen LogP contribution in [0.5, 0.6) is 0 Å². The average Bonchev–Trinajstić information content (AvgIpc) is 2.12. The maximum Gasteiger partial charge on any atom is 0.0183 e. The molecule has 0 aromatic rings. The summed E-state index contributed by atoms with van der Waals surface area (Å²) in [5.41, 5.74) is 0. The molecular formula is C12H25NS. The van der Waals surface area contributed by atoms with Crippen molar-refractivity contribution in [3.05, 3.63) is 0 Å². The molecule has 84 valence electrons. The molecule has 0 aromatic carbocycles. The van der Waals surface area contributed by atoms with Crippen LogP contribution in [-0.4, -0.2) is 25.1 Å². The Morgan fingerprint density at radius 3 is 2.21 bits per heavy atom. The predicted molar refractivity (Wildman–Crippen MR) is 66.9 cm³/mol. The molecule has 0 aliphatic heterocycles. The summed E-state index contributed by atoms with van der Waals surface area (Å²) in [5.74, 6) is 4.04. The van der Waals surface area contributed by atoms with E-state index in [-0.39, 0.29) is 0 Å². The van der Waals surface area contributed by atoms with Crippen LogP contribution in [0, 0.1) is 17.8 Å². The van der Waals surface area contributed by atoms with E-state index in [4.69, 9.17) is 0 Å². The smallest absolute Gasteiger partial charge is 0.0183 e. The maximum absolute atomic E-state index is 3.49. The second-order valence-electron chi connectivity index (χ2n) is 5.03. The lowest BCUT2D eigenvalue weighted by Gasteiger charge is -2.36. The van der Waals surface area contributed by atoms with Gasteiger partial charge in [0.05, 0.1) is 0 Å². The molecule has 1 fully saturated rings. The van der Waals surface area contributed by atoms with Crippen LogP contribution in [0.3, 0.4) is 0 Å². The molecule has 1 N–H and O–H groups in total. The Balaban J connectivity index is 2.47. The van der Waals surface area contributed by atoms with Gasteiger partial charge in [-0.15, -0.1) is 0 Å². The molecule has 0 amide bonds. The van der Waals surface area contributed by atoms with E-state index in [1.54, 1.807) is 0 Å². The first-order valence-electron chi connectivity index (χ1n) is 5.83. The van der Waals surface area contributed by atoms with Crippen molar-refractivity contribution >= 4 is 11.8 Å². The highest BCUT2D eigenvalue weighted by Crippen LogP contribution is 2.35. The van der Waals surface area contributed by atoms with Crippen LogP contribution in [0.25, 0.3) is 0 Å². The molecule has 1 saturated carbocycles. The molecule has 2 heteroatoms. The molecular weight excluding hydrogens is 190 g/mol. The quantitative estimate of drug-likeness (QED) is 0.774. The zero-order chi connectivity index (χ0) is 10.6. The highest BCUT2D eigenvalue weighted by atomic mass is 32.2. The number of thioether (sulfide) groups is 1. The van der Waals surface area contributed by atoms with Crippen LogP contribution in [0.4, 0.5) is 0 Å². The zero-order valence-electron chi connectivity index (χ0n) is 10.0. The van der Waals surface area contributed by atoms with Crippen LogP contribution in [0.2, 0.25) is 0 Å². The summed E-state index contributed by atoms with van der Waals surface area (Å²) in [6.07, 6.45) is 6.50. The summed E-state index contributed by atoms with van der Waals surface area (Å²) >= 11 is 1.97. The van der Waals surface area contributed by atoms with Crippen LogP contribution in [-0.2, 0) is 0 Å². The lowest BCUT2D eigenvalue weighted by Crippen LogP contribution is -2.39. The van der Waals surface area contributed by atoms with Crippen LogP contribution in [0.15, 0.2) is 0 Å². The molecule has 0 aromatic heterocycles. The fourth-order valence-corrected chi connectivity index (χ4v) is 3.77. The summed E-state index contributed by atoms with van der Waals surface area (Å²) in [6, 6.07) is 0.732. The molecule has 1 rings (SSSR count). The van der Waals surface area contributed by atoms with E-state index < -0.39 is 0 Å². The molecule has 1 aliphatic carbocycles. The van der Waals surface area contributed by atoms with E-state index in [0.29, 0.717) is 0 Å². The molecule has 0 bridgehead atoms. The van der Waals surface area contributed by atoms with Crippen LogP contribution >= 0.6 is 11.8 Å². The van der Waals surface area contributed by atoms with E-state index in [1.807, 2.05) is 11.8 Å². The third-order valence-electron chi connectivity index (χ3n) is 3.50. The first-order valence-corrected chi connectivity index (χ1v) is 7.23. The van der Waals surface area contributed by atoms with E-state index in [1.165, 1.54) is 25.0 Å². The van der Waals surface area contributed by atoms with Crippen molar-refractivity contribution in [1.29, 1.82) is 0 Å². The van der Waals surface area contributed by atoms with Crippen molar-refractivity contribution in [2.24, 2.45) is 17.8 Å². The number of nitrogens with one attached hydrogen (secondary N) is 1. The van der Waals surface area contributed by atoms with Gasteiger partial charge in [0.1, 0.15) is 0 Å². The largest absolute Gasteiger partial charge is 0.316 e. The molecule has 0 spiro atoms. The van der Waals surface area contributed by atoms with Crippen molar-refractivity contribution in [2.45, 2.75) is 39.2 Å². The van der Waals surface area contributed by atoms with Gasteiger partial charge in [0.2, 0.25) is 0 Å². The standard InChI is InChI=1S/C12H25NS/c1-9-5-10(2)7-11(6-9)12(13-3)8-14-4/h9-13H,5-8H2,1-4H3. The third kappa shape index (κ3) is 3.47. The number of hydrogen-bond donors (Lipinski definition) is 1. The Bertz CT molecular complexity index is 150. The Morgan fingerprint density at radius 1 is 1.21 bits per heavy atom. The van der Waals surface area contributed by atoms with E-state index in [0.717, 1.165) is 23.8 Å². The minimum atomic E-state index is 0.732. The van der Waals surface area contributed by atoms with Gasteiger partial charge in [-0.3, -0.25) is 0 Å². The van der Waals surface area contributed by atoms with Crippen LogP contribution < -0.4 is 5.32 Å². The SMILES string of the molecule is CNC(CSC)C1CC(C)CC(C)C1. The van der Waals surface area contributed by atoms with Crippen LogP contribution in [0.1, 0.15) is 33.1 Å². The second-order valence-corrected chi connectivity index (χ2v) is 5.94. The van der Waals surface area contributed by atoms with Gasteiger partial charge in [-0.05, 0) is 50.3 Å². The van der Waals surface area contributed by atoms with Crippen molar-refractivity contribution in [1.82, 2.24) is 5.32 Å². The molecule has 1 aliphatic rings. The summed E-state index contributed by atoms with van der Waals surface area (Å²) in [4.78, 5) is 0. The van der Waals surface area contributed by atoms with Gasteiger partial charge in [0.15, 0.2) is 0 Å². The fourth-order valence-electron chi connectivity index (χ4n) is 2.97. The van der Waals surface area contributed by atoms with Crippen molar-refractivity contribution in [3.8, 4) is 0 Å². The summed E-state index contributed by atoms with van der Waals surface area (Å²) in [5, 5.41) is 3.49. The molecule has 1 nitrogen and oxygen atoms in total. The molecule has 14 heavy (non-hydrogen) atoms. The monoisotopic (exact) mass is 215 g/mol. The summed E-state index contributed by atoms with van der Waals surface area (Å²) in [6.45, 7) is 4.82. The highest BCUT2D eigenvalue weighted by molar-refractivity contribution is 7.98. The fraction of sp³-hybridized carbons (Fsp3) is 1.00. The van der Waals surface area contributed by atoms with E-state index in [9.17, 15) is 0 Å². The van der Waals surface area contributed by atoms with Crippen molar-refractivity contribution in [3.63, 3.8) is 0 Å². The minimum absolute atomic E-state index is 0.732. The Hall–Kier alpha value is 0.310. The molecule has 3 unspecified atom stereocenters. The van der Waals surface area contributed by atoms with Gasteiger partial charge in [0, 0.05) is 11.8 Å². The maximum atomic E-state index is 3.49. The third-order valence-corrected chi connectivity index (χ3v) is 4.19. The Labute approximate surface area is 93.4 Å². The van der Waals surface area contributed by atoms with Gasteiger partial charge in [0.25, 0.3) is 0 Å². The predicted octanol–water partition coefficient (Wildman–Crippen LogP) is 3.01. The number of rotatable bonds is 4. The average molecular weight is 215 g/mol. The van der Waals surface area contributed by atoms with E-state index >= 15 is 0 Å². The summed E-state index contributed by atoms with van der Waals surface area (Å²) in [7, 11) is 2.12. The van der Waals surface area contributed by atoms with Gasteiger partial charge in [-0.1, -0.05) is 13.8 Å². The number of hydrogen-bond acceptors (Lipinski definition) is 2. The minimum Gasteiger partial charge on any atom is -0.316 e. The van der Waals surface area contributed by atoms with E-state index in [2.05, 4.69) is 32.5 Å². The summed E-state index contributed by atoms with van der Waals surface area (Å²) < 4.78 is 0.